The zero-order valence-electron chi connectivity index (χ0n) is 9.31. The standard InChI is InChI=1S/C11H22N2S/c1-3-7-12-11(14)13-10(4-2)8-9-5-6-9/h9-10H,3-8H2,1-2H3,(H2,12,13,14). The van der Waals surface area contributed by atoms with E-state index in [-0.39, 0.29) is 0 Å². The maximum absolute atomic E-state index is 5.21. The fourth-order valence-electron chi connectivity index (χ4n) is 1.56. The average Bonchev–Trinajstić information content (AvgIpc) is 2.97. The van der Waals surface area contributed by atoms with Crippen LogP contribution >= 0.6 is 12.2 Å². The van der Waals surface area contributed by atoms with Gasteiger partial charge in [-0.05, 0) is 37.4 Å². The summed E-state index contributed by atoms with van der Waals surface area (Å²) in [6, 6.07) is 0.583. The smallest absolute Gasteiger partial charge is 0.166 e. The maximum Gasteiger partial charge on any atom is 0.166 e. The van der Waals surface area contributed by atoms with E-state index in [1.165, 1.54) is 25.7 Å². The van der Waals surface area contributed by atoms with Gasteiger partial charge in [-0.3, -0.25) is 0 Å². The number of hydrogen-bond donors (Lipinski definition) is 2. The Labute approximate surface area is 92.8 Å². The Morgan fingerprint density at radius 3 is 2.64 bits per heavy atom. The number of hydrogen-bond acceptors (Lipinski definition) is 1. The molecule has 2 nitrogen and oxygen atoms in total. The van der Waals surface area contributed by atoms with Gasteiger partial charge in [-0.15, -0.1) is 0 Å². The lowest BCUT2D eigenvalue weighted by Gasteiger charge is -2.19. The largest absolute Gasteiger partial charge is 0.363 e. The minimum Gasteiger partial charge on any atom is -0.363 e. The van der Waals surface area contributed by atoms with Crippen LogP contribution in [0.2, 0.25) is 0 Å². The molecule has 3 heteroatoms. The summed E-state index contributed by atoms with van der Waals surface area (Å²) in [5.74, 6) is 0.974. The molecule has 0 heterocycles. The molecule has 0 aliphatic heterocycles. The average molecular weight is 214 g/mol. The molecule has 1 rings (SSSR count). The molecule has 1 unspecified atom stereocenters. The van der Waals surface area contributed by atoms with Gasteiger partial charge in [-0.1, -0.05) is 26.7 Å². The van der Waals surface area contributed by atoms with Crippen molar-refractivity contribution < 1.29 is 0 Å². The fraction of sp³-hybridized carbons (Fsp3) is 0.909. The molecule has 0 aromatic heterocycles. The van der Waals surface area contributed by atoms with Crippen molar-refractivity contribution in [1.29, 1.82) is 0 Å². The topological polar surface area (TPSA) is 24.1 Å². The highest BCUT2D eigenvalue weighted by molar-refractivity contribution is 7.80. The van der Waals surface area contributed by atoms with Crippen LogP contribution in [-0.4, -0.2) is 17.7 Å². The van der Waals surface area contributed by atoms with Crippen LogP contribution in [0.1, 0.15) is 46.0 Å². The van der Waals surface area contributed by atoms with Crippen molar-refractivity contribution in [2.24, 2.45) is 5.92 Å². The molecule has 0 spiro atoms. The van der Waals surface area contributed by atoms with Crippen LogP contribution in [0.3, 0.4) is 0 Å². The summed E-state index contributed by atoms with van der Waals surface area (Å²) >= 11 is 5.21. The first kappa shape index (κ1) is 11.8. The molecular formula is C11H22N2S. The SMILES string of the molecule is CCCNC(=S)NC(CC)CC1CC1. The third-order valence-corrected chi connectivity index (χ3v) is 2.94. The summed E-state index contributed by atoms with van der Waals surface area (Å²) in [6.07, 6.45) is 6.44. The Kier molecular flexibility index (Phi) is 5.23. The van der Waals surface area contributed by atoms with Gasteiger partial charge in [0.25, 0.3) is 0 Å². The van der Waals surface area contributed by atoms with Crippen LogP contribution in [0.4, 0.5) is 0 Å². The van der Waals surface area contributed by atoms with Crippen molar-refractivity contribution in [3.63, 3.8) is 0 Å². The summed E-state index contributed by atoms with van der Waals surface area (Å²) in [6.45, 7) is 5.35. The zero-order valence-corrected chi connectivity index (χ0v) is 10.1. The molecule has 14 heavy (non-hydrogen) atoms. The van der Waals surface area contributed by atoms with E-state index in [1.807, 2.05) is 0 Å². The summed E-state index contributed by atoms with van der Waals surface area (Å²) < 4.78 is 0. The molecule has 1 fully saturated rings. The minimum absolute atomic E-state index is 0.583. The lowest BCUT2D eigenvalue weighted by molar-refractivity contribution is 0.507. The Balaban J connectivity index is 2.13. The quantitative estimate of drug-likeness (QED) is 0.664. The number of nitrogens with one attached hydrogen (secondary N) is 2. The first-order valence-corrected chi connectivity index (χ1v) is 6.21. The highest BCUT2D eigenvalue weighted by Crippen LogP contribution is 2.33. The van der Waals surface area contributed by atoms with Crippen LogP contribution in [0, 0.1) is 5.92 Å². The van der Waals surface area contributed by atoms with E-state index < -0.39 is 0 Å². The van der Waals surface area contributed by atoms with Gasteiger partial charge in [-0.2, -0.15) is 0 Å². The molecule has 0 radical (unpaired) electrons. The molecule has 2 N–H and O–H groups in total. The predicted molar refractivity (Wildman–Crippen MR) is 65.4 cm³/mol. The van der Waals surface area contributed by atoms with E-state index in [2.05, 4.69) is 24.5 Å². The lowest BCUT2D eigenvalue weighted by atomic mass is 10.1. The van der Waals surface area contributed by atoms with Gasteiger partial charge in [0.15, 0.2) is 5.11 Å². The highest BCUT2D eigenvalue weighted by Gasteiger charge is 2.24. The van der Waals surface area contributed by atoms with E-state index >= 15 is 0 Å². The second-order valence-corrected chi connectivity index (χ2v) is 4.59. The van der Waals surface area contributed by atoms with E-state index in [4.69, 9.17) is 12.2 Å². The number of rotatable bonds is 6. The Morgan fingerprint density at radius 2 is 2.14 bits per heavy atom. The van der Waals surface area contributed by atoms with Crippen LogP contribution in [0.25, 0.3) is 0 Å². The van der Waals surface area contributed by atoms with Gasteiger partial charge >= 0.3 is 0 Å². The minimum atomic E-state index is 0.583. The molecule has 0 aromatic carbocycles. The number of thiocarbonyl (C=S) groups is 1. The molecule has 0 aromatic rings. The molecule has 0 amide bonds. The summed E-state index contributed by atoms with van der Waals surface area (Å²) in [5.41, 5.74) is 0. The third kappa shape index (κ3) is 4.80. The van der Waals surface area contributed by atoms with Crippen LogP contribution in [0.5, 0.6) is 0 Å². The van der Waals surface area contributed by atoms with Crippen molar-refractivity contribution in [2.45, 2.75) is 52.0 Å². The molecule has 1 aliphatic rings. The van der Waals surface area contributed by atoms with Crippen molar-refractivity contribution >= 4 is 17.3 Å². The van der Waals surface area contributed by atoms with Gasteiger partial charge < -0.3 is 10.6 Å². The maximum atomic E-state index is 5.21. The second-order valence-electron chi connectivity index (χ2n) is 4.18. The van der Waals surface area contributed by atoms with E-state index in [0.717, 1.165) is 24.0 Å². The molecule has 82 valence electrons. The highest BCUT2D eigenvalue weighted by atomic mass is 32.1. The van der Waals surface area contributed by atoms with Gasteiger partial charge in [0.1, 0.15) is 0 Å². The van der Waals surface area contributed by atoms with Crippen molar-refractivity contribution in [1.82, 2.24) is 10.6 Å². The van der Waals surface area contributed by atoms with Gasteiger partial charge in [0, 0.05) is 12.6 Å². The van der Waals surface area contributed by atoms with Crippen LogP contribution in [0.15, 0.2) is 0 Å². The lowest BCUT2D eigenvalue weighted by Crippen LogP contribution is -2.42. The van der Waals surface area contributed by atoms with E-state index in [0.29, 0.717) is 6.04 Å². The summed E-state index contributed by atoms with van der Waals surface area (Å²) in [7, 11) is 0. The van der Waals surface area contributed by atoms with Crippen molar-refractivity contribution in [3.05, 3.63) is 0 Å². The van der Waals surface area contributed by atoms with Gasteiger partial charge in [0.05, 0.1) is 0 Å². The monoisotopic (exact) mass is 214 g/mol. The van der Waals surface area contributed by atoms with Crippen LogP contribution < -0.4 is 10.6 Å². The van der Waals surface area contributed by atoms with Crippen LogP contribution in [-0.2, 0) is 0 Å². The summed E-state index contributed by atoms with van der Waals surface area (Å²) in [5, 5.41) is 7.44. The van der Waals surface area contributed by atoms with E-state index in [9.17, 15) is 0 Å². The summed E-state index contributed by atoms with van der Waals surface area (Å²) in [4.78, 5) is 0. The first-order chi connectivity index (χ1) is 6.76. The molecular weight excluding hydrogens is 192 g/mol. The van der Waals surface area contributed by atoms with Crippen molar-refractivity contribution in [3.8, 4) is 0 Å². The molecule has 1 aliphatic carbocycles. The molecule has 1 atom stereocenters. The Morgan fingerprint density at radius 1 is 1.43 bits per heavy atom. The Bertz CT molecular complexity index is 178. The molecule has 0 bridgehead atoms. The van der Waals surface area contributed by atoms with Gasteiger partial charge in [0.2, 0.25) is 0 Å². The van der Waals surface area contributed by atoms with Crippen molar-refractivity contribution in [2.75, 3.05) is 6.54 Å². The third-order valence-electron chi connectivity index (χ3n) is 2.68. The normalized spacial score (nSPS) is 17.6. The molecule has 0 saturated heterocycles. The predicted octanol–water partition coefficient (Wildman–Crippen LogP) is 2.44. The van der Waals surface area contributed by atoms with E-state index in [1.54, 1.807) is 0 Å². The molecule has 1 saturated carbocycles. The first-order valence-electron chi connectivity index (χ1n) is 5.80. The Hall–Kier alpha value is -0.310. The van der Waals surface area contributed by atoms with Gasteiger partial charge in [-0.25, -0.2) is 0 Å². The fourth-order valence-corrected chi connectivity index (χ4v) is 1.83. The second kappa shape index (κ2) is 6.23. The zero-order chi connectivity index (χ0) is 10.4.